The normalized spacial score (nSPS) is 11.4. The second-order valence-corrected chi connectivity index (χ2v) is 8.80. The standard InChI is InChI=1S/C24H17ClF3N3O5S/c1-3-36-23(34)19-16-11-37-21(29-20(32)15-10-13(25)6-9-17(15)35-2)18(16)22(33)31(30-19)14-7-4-12(5-8-14)24(26,27)28/h4-11H,3H2,1-2H3,(H,29,32). The molecule has 4 rings (SSSR count). The highest BCUT2D eigenvalue weighted by Gasteiger charge is 2.30. The summed E-state index contributed by atoms with van der Waals surface area (Å²) in [4.78, 5) is 39.1. The molecule has 0 radical (unpaired) electrons. The van der Waals surface area contributed by atoms with Crippen LogP contribution in [0.15, 0.2) is 52.6 Å². The van der Waals surface area contributed by atoms with E-state index in [1.165, 1.54) is 30.7 Å². The topological polar surface area (TPSA) is 99.5 Å². The van der Waals surface area contributed by atoms with Crippen molar-refractivity contribution in [3.05, 3.63) is 80.0 Å². The molecule has 1 N–H and O–H groups in total. The van der Waals surface area contributed by atoms with Crippen LogP contribution in [0.3, 0.4) is 0 Å². The Morgan fingerprint density at radius 1 is 1.16 bits per heavy atom. The number of anilines is 1. The number of hydrogen-bond donors (Lipinski definition) is 1. The lowest BCUT2D eigenvalue weighted by molar-refractivity contribution is -0.137. The first-order valence-corrected chi connectivity index (χ1v) is 11.8. The molecule has 0 aliphatic heterocycles. The fraction of sp³-hybridized carbons (Fsp3) is 0.167. The van der Waals surface area contributed by atoms with Crippen LogP contribution in [0.25, 0.3) is 16.5 Å². The number of amides is 1. The molecule has 2 aromatic heterocycles. The van der Waals surface area contributed by atoms with Gasteiger partial charge in [0.05, 0.1) is 35.9 Å². The number of benzene rings is 2. The Hall–Kier alpha value is -3.90. The molecule has 2 aromatic carbocycles. The Labute approximate surface area is 216 Å². The summed E-state index contributed by atoms with van der Waals surface area (Å²) >= 11 is 6.98. The summed E-state index contributed by atoms with van der Waals surface area (Å²) < 4.78 is 50.1. The summed E-state index contributed by atoms with van der Waals surface area (Å²) in [5.41, 5.74) is -1.86. The second-order valence-electron chi connectivity index (χ2n) is 7.48. The molecule has 0 unspecified atom stereocenters. The molecule has 4 aromatic rings. The largest absolute Gasteiger partial charge is 0.496 e. The van der Waals surface area contributed by atoms with Gasteiger partial charge in [-0.15, -0.1) is 11.3 Å². The minimum Gasteiger partial charge on any atom is -0.496 e. The Morgan fingerprint density at radius 3 is 2.49 bits per heavy atom. The van der Waals surface area contributed by atoms with Gasteiger partial charge < -0.3 is 14.8 Å². The molecular formula is C24H17ClF3N3O5S. The van der Waals surface area contributed by atoms with E-state index in [4.69, 9.17) is 21.1 Å². The van der Waals surface area contributed by atoms with Gasteiger partial charge in [-0.3, -0.25) is 9.59 Å². The lowest BCUT2D eigenvalue weighted by Gasteiger charge is -2.12. The van der Waals surface area contributed by atoms with Gasteiger partial charge in [0.15, 0.2) is 5.69 Å². The molecule has 0 atom stereocenters. The number of carbonyl (C=O) groups excluding carboxylic acids is 2. The van der Waals surface area contributed by atoms with Gasteiger partial charge in [-0.05, 0) is 49.4 Å². The third-order valence-electron chi connectivity index (χ3n) is 5.19. The van der Waals surface area contributed by atoms with Gasteiger partial charge in [0.1, 0.15) is 10.8 Å². The lowest BCUT2D eigenvalue weighted by Crippen LogP contribution is -2.25. The number of thiophene rings is 1. The predicted molar refractivity (Wildman–Crippen MR) is 132 cm³/mol. The Balaban J connectivity index is 1.87. The fourth-order valence-corrected chi connectivity index (χ4v) is 4.59. The molecule has 0 aliphatic carbocycles. The lowest BCUT2D eigenvalue weighted by atomic mass is 10.1. The van der Waals surface area contributed by atoms with Gasteiger partial charge in [-0.25, -0.2) is 4.79 Å². The van der Waals surface area contributed by atoms with Gasteiger partial charge in [-0.1, -0.05) is 11.6 Å². The summed E-state index contributed by atoms with van der Waals surface area (Å²) in [5, 5.41) is 8.57. The zero-order chi connectivity index (χ0) is 26.9. The van der Waals surface area contributed by atoms with Gasteiger partial charge in [-0.2, -0.15) is 23.0 Å². The molecular weight excluding hydrogens is 535 g/mol. The number of alkyl halides is 3. The van der Waals surface area contributed by atoms with Crippen LogP contribution < -0.4 is 15.6 Å². The fourth-order valence-electron chi connectivity index (χ4n) is 3.49. The van der Waals surface area contributed by atoms with E-state index in [2.05, 4.69) is 10.4 Å². The number of aromatic nitrogens is 2. The van der Waals surface area contributed by atoms with Crippen LogP contribution in [0.2, 0.25) is 5.02 Å². The van der Waals surface area contributed by atoms with Crippen LogP contribution in [0.5, 0.6) is 5.75 Å². The van der Waals surface area contributed by atoms with Crippen LogP contribution in [0.1, 0.15) is 33.3 Å². The molecule has 0 saturated heterocycles. The van der Waals surface area contributed by atoms with Crippen LogP contribution in [-0.4, -0.2) is 35.4 Å². The van der Waals surface area contributed by atoms with Crippen molar-refractivity contribution in [2.75, 3.05) is 19.0 Å². The highest BCUT2D eigenvalue weighted by molar-refractivity contribution is 7.16. The zero-order valence-electron chi connectivity index (χ0n) is 19.2. The SMILES string of the molecule is CCOC(=O)c1nn(-c2ccc(C(F)(F)F)cc2)c(=O)c2c(NC(=O)c3cc(Cl)ccc3OC)scc12. The number of methoxy groups -OCH3 is 1. The van der Waals surface area contributed by atoms with Crippen molar-refractivity contribution in [3.63, 3.8) is 0 Å². The van der Waals surface area contributed by atoms with Crippen molar-refractivity contribution >= 4 is 50.6 Å². The van der Waals surface area contributed by atoms with Crippen LogP contribution in [0, 0.1) is 0 Å². The summed E-state index contributed by atoms with van der Waals surface area (Å²) in [7, 11) is 1.38. The Morgan fingerprint density at radius 2 is 1.86 bits per heavy atom. The van der Waals surface area contributed by atoms with Crippen molar-refractivity contribution in [1.82, 2.24) is 9.78 Å². The molecule has 37 heavy (non-hydrogen) atoms. The van der Waals surface area contributed by atoms with Crippen molar-refractivity contribution < 1.29 is 32.2 Å². The molecule has 0 aliphatic rings. The summed E-state index contributed by atoms with van der Waals surface area (Å²) in [6.45, 7) is 1.60. The Bertz CT molecular complexity index is 1570. The molecule has 1 amide bonds. The van der Waals surface area contributed by atoms with Crippen LogP contribution in [-0.2, 0) is 10.9 Å². The number of nitrogens with one attached hydrogen (secondary N) is 1. The number of hydrogen-bond acceptors (Lipinski definition) is 7. The maximum absolute atomic E-state index is 13.5. The van der Waals surface area contributed by atoms with E-state index < -0.39 is 29.2 Å². The van der Waals surface area contributed by atoms with Crippen molar-refractivity contribution in [3.8, 4) is 11.4 Å². The van der Waals surface area contributed by atoms with E-state index in [9.17, 15) is 27.6 Å². The average molecular weight is 552 g/mol. The van der Waals surface area contributed by atoms with E-state index >= 15 is 0 Å². The summed E-state index contributed by atoms with van der Waals surface area (Å²) in [5.74, 6) is -1.25. The number of carbonyl (C=O) groups is 2. The van der Waals surface area contributed by atoms with E-state index in [-0.39, 0.29) is 50.1 Å². The molecule has 0 saturated carbocycles. The van der Waals surface area contributed by atoms with Gasteiger partial charge >= 0.3 is 12.1 Å². The first kappa shape index (κ1) is 26.2. The first-order valence-electron chi connectivity index (χ1n) is 10.6. The van der Waals surface area contributed by atoms with Crippen molar-refractivity contribution in [2.24, 2.45) is 0 Å². The van der Waals surface area contributed by atoms with E-state index in [0.29, 0.717) is 0 Å². The van der Waals surface area contributed by atoms with Gasteiger partial charge in [0.25, 0.3) is 11.5 Å². The summed E-state index contributed by atoms with van der Waals surface area (Å²) in [6.07, 6.45) is -4.58. The van der Waals surface area contributed by atoms with E-state index in [1.807, 2.05) is 0 Å². The highest BCUT2D eigenvalue weighted by atomic mass is 35.5. The summed E-state index contributed by atoms with van der Waals surface area (Å²) in [6, 6.07) is 8.12. The van der Waals surface area contributed by atoms with Crippen molar-refractivity contribution in [1.29, 1.82) is 0 Å². The monoisotopic (exact) mass is 551 g/mol. The number of rotatable bonds is 6. The smallest absolute Gasteiger partial charge is 0.416 e. The number of esters is 1. The molecule has 0 fully saturated rings. The predicted octanol–water partition coefficient (Wildman–Crippen LogP) is 5.56. The minimum atomic E-state index is -4.58. The first-order chi connectivity index (χ1) is 17.5. The van der Waals surface area contributed by atoms with Gasteiger partial charge in [0, 0.05) is 15.8 Å². The molecule has 0 bridgehead atoms. The number of halogens is 4. The van der Waals surface area contributed by atoms with Crippen molar-refractivity contribution in [2.45, 2.75) is 13.1 Å². The third kappa shape index (κ3) is 5.16. The zero-order valence-corrected chi connectivity index (χ0v) is 20.8. The maximum Gasteiger partial charge on any atom is 0.416 e. The minimum absolute atomic E-state index is 0.0176. The number of ether oxygens (including phenoxy) is 2. The molecule has 0 spiro atoms. The highest BCUT2D eigenvalue weighted by Crippen LogP contribution is 2.33. The Kier molecular flexibility index (Phi) is 7.23. The molecule has 8 nitrogen and oxygen atoms in total. The quantitative estimate of drug-likeness (QED) is 0.315. The van der Waals surface area contributed by atoms with Crippen LogP contribution >= 0.6 is 22.9 Å². The number of fused-ring (bicyclic) bond motifs is 1. The molecule has 13 heteroatoms. The molecule has 192 valence electrons. The van der Waals surface area contributed by atoms with Gasteiger partial charge in [0.2, 0.25) is 0 Å². The molecule has 2 heterocycles. The third-order valence-corrected chi connectivity index (χ3v) is 6.32. The number of nitrogens with zero attached hydrogens (tertiary/aromatic N) is 2. The van der Waals surface area contributed by atoms with E-state index in [0.717, 1.165) is 40.3 Å². The van der Waals surface area contributed by atoms with E-state index in [1.54, 1.807) is 6.92 Å². The second kappa shape index (κ2) is 10.2. The van der Waals surface area contributed by atoms with Crippen LogP contribution in [0.4, 0.5) is 18.2 Å². The average Bonchev–Trinajstić information content (AvgIpc) is 3.28. The maximum atomic E-state index is 13.5.